The van der Waals surface area contributed by atoms with E-state index in [0.717, 1.165) is 0 Å². The molecule has 1 aromatic carbocycles. The van der Waals surface area contributed by atoms with Crippen LogP contribution in [0.25, 0.3) is 6.08 Å². The number of rotatable bonds is 4. The predicted molar refractivity (Wildman–Crippen MR) is 74.3 cm³/mol. The third-order valence-electron chi connectivity index (χ3n) is 2.33. The summed E-state index contributed by atoms with van der Waals surface area (Å²) in [5.41, 5.74) is 0.816. The van der Waals surface area contributed by atoms with Gasteiger partial charge in [0, 0.05) is 0 Å². The summed E-state index contributed by atoms with van der Waals surface area (Å²) in [6, 6.07) is 4.34. The number of aliphatic carboxylic acids is 1. The summed E-state index contributed by atoms with van der Waals surface area (Å²) in [5.74, 6) is -1.41. The molecule has 0 spiro atoms. The lowest BCUT2D eigenvalue weighted by molar-refractivity contribution is -0.307. The van der Waals surface area contributed by atoms with Gasteiger partial charge in [-0.1, -0.05) is 6.07 Å². The molecule has 1 aromatic rings. The van der Waals surface area contributed by atoms with Crippen LogP contribution in [-0.2, 0) is 9.59 Å². The molecule has 20 heavy (non-hydrogen) atoms. The van der Waals surface area contributed by atoms with Crippen LogP contribution >= 0.6 is 22.6 Å². The molecule has 1 saturated heterocycles. The smallest absolute Gasteiger partial charge is 0.326 e. The van der Waals surface area contributed by atoms with Gasteiger partial charge in [0.25, 0.3) is 5.91 Å². The SMILES string of the molecule is O=C([O-])COc1ccc(/C=C2\NC(=O)NC2=O)cc1I. The number of hydrogen-bond acceptors (Lipinski definition) is 5. The summed E-state index contributed by atoms with van der Waals surface area (Å²) < 4.78 is 5.69. The van der Waals surface area contributed by atoms with Gasteiger partial charge in [-0.25, -0.2) is 4.79 Å². The summed E-state index contributed by atoms with van der Waals surface area (Å²) in [5, 5.41) is 14.8. The first-order chi connectivity index (χ1) is 9.45. The molecule has 0 atom stereocenters. The molecule has 1 aliphatic heterocycles. The van der Waals surface area contributed by atoms with Crippen LogP contribution in [-0.4, -0.2) is 24.5 Å². The van der Waals surface area contributed by atoms with Gasteiger partial charge < -0.3 is 20.0 Å². The van der Waals surface area contributed by atoms with E-state index >= 15 is 0 Å². The molecule has 1 heterocycles. The van der Waals surface area contributed by atoms with Crippen LogP contribution in [0.4, 0.5) is 4.79 Å². The molecule has 2 N–H and O–H groups in total. The van der Waals surface area contributed by atoms with Crippen LogP contribution in [0.5, 0.6) is 5.75 Å². The number of carbonyl (C=O) groups is 3. The van der Waals surface area contributed by atoms with E-state index in [-0.39, 0.29) is 5.70 Å². The number of carbonyl (C=O) groups excluding carboxylic acids is 3. The molecule has 104 valence electrons. The van der Waals surface area contributed by atoms with E-state index in [9.17, 15) is 19.5 Å². The normalized spacial score (nSPS) is 15.9. The standard InChI is InChI=1S/C12H9IN2O5/c13-7-3-6(1-2-9(7)20-5-10(16)17)4-8-11(18)15-12(19)14-8/h1-4H,5H2,(H,16,17)(H2,14,15,18,19)/p-1/b8-4-. The third kappa shape index (κ3) is 3.47. The molecule has 0 aliphatic carbocycles. The third-order valence-corrected chi connectivity index (χ3v) is 3.18. The Morgan fingerprint density at radius 2 is 2.10 bits per heavy atom. The number of nitrogens with one attached hydrogen (secondary N) is 2. The molecule has 2 rings (SSSR count). The van der Waals surface area contributed by atoms with Crippen LogP contribution in [0.2, 0.25) is 0 Å². The van der Waals surface area contributed by atoms with E-state index in [1.54, 1.807) is 18.2 Å². The van der Waals surface area contributed by atoms with E-state index in [0.29, 0.717) is 14.9 Å². The molecule has 0 unspecified atom stereocenters. The van der Waals surface area contributed by atoms with Crippen molar-refractivity contribution in [3.8, 4) is 5.75 Å². The minimum absolute atomic E-state index is 0.147. The highest BCUT2D eigenvalue weighted by Gasteiger charge is 2.22. The largest absolute Gasteiger partial charge is 0.546 e. The molecule has 1 aliphatic rings. The number of hydrogen-bond donors (Lipinski definition) is 2. The summed E-state index contributed by atoms with van der Waals surface area (Å²) in [6.07, 6.45) is 1.50. The first-order valence-electron chi connectivity index (χ1n) is 5.42. The van der Waals surface area contributed by atoms with Crippen LogP contribution in [0.15, 0.2) is 23.9 Å². The maximum atomic E-state index is 11.4. The summed E-state index contributed by atoms with van der Waals surface area (Å²) >= 11 is 1.97. The Morgan fingerprint density at radius 3 is 2.65 bits per heavy atom. The maximum absolute atomic E-state index is 11.4. The number of carboxylic acid groups (broad SMARTS) is 1. The summed E-state index contributed by atoms with van der Waals surface area (Å²) in [7, 11) is 0. The van der Waals surface area contributed by atoms with Crippen LogP contribution < -0.4 is 20.5 Å². The van der Waals surface area contributed by atoms with Crippen LogP contribution in [0.1, 0.15) is 5.56 Å². The van der Waals surface area contributed by atoms with Gasteiger partial charge in [0.2, 0.25) is 0 Å². The van der Waals surface area contributed by atoms with Crippen molar-refractivity contribution in [3.63, 3.8) is 0 Å². The van der Waals surface area contributed by atoms with Crippen molar-refractivity contribution in [2.45, 2.75) is 0 Å². The lowest BCUT2D eigenvalue weighted by Crippen LogP contribution is -2.29. The van der Waals surface area contributed by atoms with Gasteiger partial charge >= 0.3 is 6.03 Å². The van der Waals surface area contributed by atoms with E-state index in [1.807, 2.05) is 22.6 Å². The number of imide groups is 1. The van der Waals surface area contributed by atoms with Crippen molar-refractivity contribution >= 4 is 46.6 Å². The van der Waals surface area contributed by atoms with Crippen LogP contribution in [0.3, 0.4) is 0 Å². The second kappa shape index (κ2) is 5.90. The van der Waals surface area contributed by atoms with E-state index in [4.69, 9.17) is 4.74 Å². The molecular formula is C12H8IN2O5-. The van der Waals surface area contributed by atoms with E-state index in [1.165, 1.54) is 6.08 Å². The van der Waals surface area contributed by atoms with Crippen LogP contribution in [0, 0.1) is 3.57 Å². The predicted octanol–water partition coefficient (Wildman–Crippen LogP) is -0.400. The van der Waals surface area contributed by atoms with Crippen molar-refractivity contribution in [1.82, 2.24) is 10.6 Å². The minimum atomic E-state index is -1.31. The first-order valence-corrected chi connectivity index (χ1v) is 6.50. The van der Waals surface area contributed by atoms with Gasteiger partial charge in [0.15, 0.2) is 0 Å². The van der Waals surface area contributed by atoms with Gasteiger partial charge in [0.1, 0.15) is 18.1 Å². The Kier molecular flexibility index (Phi) is 4.23. The van der Waals surface area contributed by atoms with Gasteiger partial charge in [0.05, 0.1) is 9.54 Å². The fourth-order valence-corrected chi connectivity index (χ4v) is 2.20. The fourth-order valence-electron chi connectivity index (χ4n) is 1.51. The second-order valence-electron chi connectivity index (χ2n) is 3.82. The van der Waals surface area contributed by atoms with Crippen molar-refractivity contribution in [2.75, 3.05) is 6.61 Å². The molecule has 8 heteroatoms. The average Bonchev–Trinajstić information content (AvgIpc) is 2.66. The molecule has 0 bridgehead atoms. The van der Waals surface area contributed by atoms with Gasteiger partial charge in [-0.15, -0.1) is 0 Å². The zero-order valence-electron chi connectivity index (χ0n) is 9.94. The first kappa shape index (κ1) is 14.3. The number of halogens is 1. The number of ether oxygens (including phenoxy) is 1. The van der Waals surface area contributed by atoms with Crippen molar-refractivity contribution in [2.24, 2.45) is 0 Å². The number of benzene rings is 1. The molecule has 3 amide bonds. The molecule has 7 nitrogen and oxygen atoms in total. The van der Waals surface area contributed by atoms with E-state index in [2.05, 4.69) is 10.6 Å². The van der Waals surface area contributed by atoms with E-state index < -0.39 is 24.5 Å². The Balaban J connectivity index is 2.17. The highest BCUT2D eigenvalue weighted by Crippen LogP contribution is 2.23. The molecule has 1 fully saturated rings. The zero-order valence-corrected chi connectivity index (χ0v) is 12.1. The molecular weight excluding hydrogens is 379 g/mol. The molecule has 0 saturated carbocycles. The quantitative estimate of drug-likeness (QED) is 0.416. The minimum Gasteiger partial charge on any atom is -0.546 e. The number of carboxylic acids is 1. The highest BCUT2D eigenvalue weighted by molar-refractivity contribution is 14.1. The Labute approximate surface area is 127 Å². The fraction of sp³-hybridized carbons (Fsp3) is 0.0833. The van der Waals surface area contributed by atoms with Gasteiger partial charge in [-0.05, 0) is 46.4 Å². The number of amides is 3. The lowest BCUT2D eigenvalue weighted by atomic mass is 10.2. The van der Waals surface area contributed by atoms with Gasteiger partial charge in [-0.2, -0.15) is 0 Å². The Morgan fingerprint density at radius 1 is 1.35 bits per heavy atom. The van der Waals surface area contributed by atoms with Crippen molar-refractivity contribution in [3.05, 3.63) is 33.0 Å². The van der Waals surface area contributed by atoms with Gasteiger partial charge in [-0.3, -0.25) is 10.1 Å². The monoisotopic (exact) mass is 387 g/mol. The summed E-state index contributed by atoms with van der Waals surface area (Å²) in [6.45, 7) is -0.533. The lowest BCUT2D eigenvalue weighted by Gasteiger charge is -2.09. The topological polar surface area (TPSA) is 108 Å². The number of urea groups is 1. The average molecular weight is 387 g/mol. The Hall–Kier alpha value is -2.10. The van der Waals surface area contributed by atoms with Crippen molar-refractivity contribution < 1.29 is 24.2 Å². The molecule has 0 aromatic heterocycles. The Bertz CT molecular complexity index is 626. The second-order valence-corrected chi connectivity index (χ2v) is 4.98. The summed E-state index contributed by atoms with van der Waals surface area (Å²) in [4.78, 5) is 32.6. The zero-order chi connectivity index (χ0) is 14.7. The highest BCUT2D eigenvalue weighted by atomic mass is 127. The molecule has 0 radical (unpaired) electrons. The maximum Gasteiger partial charge on any atom is 0.326 e. The van der Waals surface area contributed by atoms with Crippen molar-refractivity contribution in [1.29, 1.82) is 0 Å².